The Morgan fingerprint density at radius 1 is 1.00 bits per heavy atom. The van der Waals surface area contributed by atoms with E-state index < -0.39 is 5.97 Å². The van der Waals surface area contributed by atoms with E-state index in [-0.39, 0.29) is 11.5 Å². The molecular formula is C19H25NO3. The molecule has 2 fully saturated rings. The van der Waals surface area contributed by atoms with Crippen molar-refractivity contribution in [2.24, 2.45) is 5.92 Å². The van der Waals surface area contributed by atoms with Crippen molar-refractivity contribution in [2.75, 3.05) is 6.54 Å². The number of carboxylic acid groups (broad SMARTS) is 1. The van der Waals surface area contributed by atoms with Gasteiger partial charge in [-0.05, 0) is 49.3 Å². The van der Waals surface area contributed by atoms with Crippen LogP contribution in [-0.2, 0) is 11.2 Å². The molecular weight excluding hydrogens is 290 g/mol. The third kappa shape index (κ3) is 3.74. The molecule has 0 radical (unpaired) electrons. The van der Waals surface area contributed by atoms with Crippen LogP contribution in [0, 0.1) is 5.92 Å². The number of nitrogens with zero attached hydrogens (tertiary/aromatic N) is 1. The van der Waals surface area contributed by atoms with Gasteiger partial charge in [-0.3, -0.25) is 4.79 Å². The fraction of sp³-hybridized carbons (Fsp3) is 0.579. The summed E-state index contributed by atoms with van der Waals surface area (Å²) in [5, 5.41) is 8.93. The van der Waals surface area contributed by atoms with Gasteiger partial charge in [0.25, 0.3) is 0 Å². The molecule has 1 unspecified atom stereocenters. The third-order valence-electron chi connectivity index (χ3n) is 5.37. The SMILES string of the molecule is O=C(O)c1ccc(CC(=O)N2CCCC2C2CCCCC2)cc1. The second kappa shape index (κ2) is 7.16. The smallest absolute Gasteiger partial charge is 0.335 e. The molecule has 1 N–H and O–H groups in total. The molecule has 2 aliphatic rings. The summed E-state index contributed by atoms with van der Waals surface area (Å²) in [7, 11) is 0. The number of amides is 1. The van der Waals surface area contributed by atoms with Crippen LogP contribution in [-0.4, -0.2) is 34.5 Å². The molecule has 0 spiro atoms. The molecule has 0 bridgehead atoms. The third-order valence-corrected chi connectivity index (χ3v) is 5.37. The number of benzene rings is 1. The average Bonchev–Trinajstić information content (AvgIpc) is 3.06. The summed E-state index contributed by atoms with van der Waals surface area (Å²) in [6.07, 6.45) is 9.12. The normalized spacial score (nSPS) is 22.3. The highest BCUT2D eigenvalue weighted by atomic mass is 16.4. The average molecular weight is 315 g/mol. The lowest BCUT2D eigenvalue weighted by Gasteiger charge is -2.34. The van der Waals surface area contributed by atoms with E-state index in [9.17, 15) is 9.59 Å². The summed E-state index contributed by atoms with van der Waals surface area (Å²) in [5.41, 5.74) is 1.16. The highest BCUT2D eigenvalue weighted by Crippen LogP contribution is 2.34. The molecule has 1 saturated heterocycles. The Morgan fingerprint density at radius 2 is 1.70 bits per heavy atom. The van der Waals surface area contributed by atoms with E-state index in [0.29, 0.717) is 18.4 Å². The topological polar surface area (TPSA) is 57.6 Å². The minimum absolute atomic E-state index is 0.196. The molecule has 1 atom stereocenters. The summed E-state index contributed by atoms with van der Waals surface area (Å²) < 4.78 is 0. The first-order chi connectivity index (χ1) is 11.1. The van der Waals surface area contributed by atoms with Crippen molar-refractivity contribution in [2.45, 2.75) is 57.4 Å². The van der Waals surface area contributed by atoms with Crippen molar-refractivity contribution >= 4 is 11.9 Å². The van der Waals surface area contributed by atoms with E-state index in [1.165, 1.54) is 32.1 Å². The molecule has 4 heteroatoms. The fourth-order valence-electron chi connectivity index (χ4n) is 4.15. The highest BCUT2D eigenvalue weighted by molar-refractivity contribution is 5.87. The van der Waals surface area contributed by atoms with E-state index in [4.69, 9.17) is 5.11 Å². The molecule has 1 aliphatic carbocycles. The van der Waals surface area contributed by atoms with Crippen LogP contribution in [0.2, 0.25) is 0 Å². The molecule has 4 nitrogen and oxygen atoms in total. The number of carboxylic acids is 1. The maximum Gasteiger partial charge on any atom is 0.335 e. The van der Waals surface area contributed by atoms with Gasteiger partial charge in [-0.25, -0.2) is 4.79 Å². The second-order valence-electron chi connectivity index (χ2n) is 6.87. The monoisotopic (exact) mass is 315 g/mol. The van der Waals surface area contributed by atoms with Crippen LogP contribution in [0.25, 0.3) is 0 Å². The lowest BCUT2D eigenvalue weighted by atomic mass is 9.83. The van der Waals surface area contributed by atoms with Gasteiger partial charge in [0.05, 0.1) is 12.0 Å². The quantitative estimate of drug-likeness (QED) is 0.925. The molecule has 124 valence electrons. The molecule has 1 aliphatic heterocycles. The fourth-order valence-corrected chi connectivity index (χ4v) is 4.15. The van der Waals surface area contributed by atoms with Gasteiger partial charge in [0.15, 0.2) is 0 Å². The number of hydrogen-bond donors (Lipinski definition) is 1. The molecule has 1 heterocycles. The number of rotatable bonds is 4. The summed E-state index contributed by atoms with van der Waals surface area (Å²) in [4.78, 5) is 25.7. The number of likely N-dealkylation sites (tertiary alicyclic amines) is 1. The Balaban J connectivity index is 1.63. The van der Waals surface area contributed by atoms with Crippen molar-refractivity contribution < 1.29 is 14.7 Å². The van der Waals surface area contributed by atoms with Crippen molar-refractivity contribution in [1.29, 1.82) is 0 Å². The molecule has 1 aromatic rings. The molecule has 1 aromatic carbocycles. The summed E-state index contributed by atoms with van der Waals surface area (Å²) >= 11 is 0. The zero-order valence-electron chi connectivity index (χ0n) is 13.5. The highest BCUT2D eigenvalue weighted by Gasteiger charge is 2.34. The van der Waals surface area contributed by atoms with E-state index in [1.807, 2.05) is 0 Å². The Morgan fingerprint density at radius 3 is 2.35 bits per heavy atom. The molecule has 0 aromatic heterocycles. The predicted octanol–water partition coefficient (Wildman–Crippen LogP) is 3.50. The van der Waals surface area contributed by atoms with Crippen LogP contribution in [0.5, 0.6) is 0 Å². The van der Waals surface area contributed by atoms with Gasteiger partial charge in [-0.1, -0.05) is 31.4 Å². The largest absolute Gasteiger partial charge is 0.478 e. The summed E-state index contributed by atoms with van der Waals surface area (Å²) in [5.74, 6) is -0.0504. The van der Waals surface area contributed by atoms with Gasteiger partial charge in [0, 0.05) is 12.6 Å². The number of carbonyl (C=O) groups is 2. The van der Waals surface area contributed by atoms with E-state index in [1.54, 1.807) is 24.3 Å². The van der Waals surface area contributed by atoms with Gasteiger partial charge in [0.2, 0.25) is 5.91 Å². The minimum atomic E-state index is -0.931. The standard InChI is InChI=1S/C19H25NO3/c21-18(13-14-8-10-16(11-9-14)19(22)23)20-12-4-7-17(20)15-5-2-1-3-6-15/h8-11,15,17H,1-7,12-13H2,(H,22,23). The first-order valence-electron chi connectivity index (χ1n) is 8.77. The maximum atomic E-state index is 12.7. The maximum absolute atomic E-state index is 12.7. The van der Waals surface area contributed by atoms with E-state index >= 15 is 0 Å². The summed E-state index contributed by atoms with van der Waals surface area (Å²) in [6.45, 7) is 0.882. The van der Waals surface area contributed by atoms with Gasteiger partial charge in [-0.2, -0.15) is 0 Å². The zero-order chi connectivity index (χ0) is 16.2. The second-order valence-corrected chi connectivity index (χ2v) is 6.87. The van der Waals surface area contributed by atoms with Gasteiger partial charge >= 0.3 is 5.97 Å². The van der Waals surface area contributed by atoms with Crippen LogP contribution >= 0.6 is 0 Å². The molecule has 23 heavy (non-hydrogen) atoms. The Bertz CT molecular complexity index is 560. The van der Waals surface area contributed by atoms with Crippen molar-refractivity contribution in [1.82, 2.24) is 4.90 Å². The van der Waals surface area contributed by atoms with Gasteiger partial charge < -0.3 is 10.0 Å². The molecule has 3 rings (SSSR count). The Hall–Kier alpha value is -1.84. The zero-order valence-corrected chi connectivity index (χ0v) is 13.5. The van der Waals surface area contributed by atoms with Crippen LogP contribution in [0.3, 0.4) is 0 Å². The molecule has 1 saturated carbocycles. The van der Waals surface area contributed by atoms with Crippen molar-refractivity contribution in [3.8, 4) is 0 Å². The Labute approximate surface area is 137 Å². The van der Waals surface area contributed by atoms with Crippen molar-refractivity contribution in [3.05, 3.63) is 35.4 Å². The Kier molecular flexibility index (Phi) is 4.99. The van der Waals surface area contributed by atoms with Crippen LogP contribution in [0.15, 0.2) is 24.3 Å². The lowest BCUT2D eigenvalue weighted by molar-refractivity contribution is -0.132. The van der Waals surface area contributed by atoms with Gasteiger partial charge in [-0.15, -0.1) is 0 Å². The number of aromatic carboxylic acids is 1. The van der Waals surface area contributed by atoms with Crippen molar-refractivity contribution in [3.63, 3.8) is 0 Å². The predicted molar refractivity (Wildman–Crippen MR) is 88.4 cm³/mol. The van der Waals surface area contributed by atoms with E-state index in [2.05, 4.69) is 4.90 Å². The van der Waals surface area contributed by atoms with Crippen LogP contribution in [0.1, 0.15) is 60.9 Å². The lowest BCUT2D eigenvalue weighted by Crippen LogP contribution is -2.41. The minimum Gasteiger partial charge on any atom is -0.478 e. The van der Waals surface area contributed by atoms with Gasteiger partial charge in [0.1, 0.15) is 0 Å². The first-order valence-corrected chi connectivity index (χ1v) is 8.77. The van der Waals surface area contributed by atoms with Crippen LogP contribution < -0.4 is 0 Å². The molecule has 1 amide bonds. The number of hydrogen-bond acceptors (Lipinski definition) is 2. The summed E-state index contributed by atoms with van der Waals surface area (Å²) in [6, 6.07) is 7.10. The number of carbonyl (C=O) groups excluding carboxylic acids is 1. The van der Waals surface area contributed by atoms with E-state index in [0.717, 1.165) is 24.9 Å². The van der Waals surface area contributed by atoms with Crippen LogP contribution in [0.4, 0.5) is 0 Å². The first kappa shape index (κ1) is 16.0.